The molecule has 8 nitrogen and oxygen atoms in total. The summed E-state index contributed by atoms with van der Waals surface area (Å²) >= 11 is 1.34. The highest BCUT2D eigenvalue weighted by Gasteiger charge is 2.34. The quantitative estimate of drug-likeness (QED) is 0.639. The number of nitrogens with zero attached hydrogens (tertiary/aromatic N) is 1. The molecule has 1 aliphatic heterocycles. The topological polar surface area (TPSA) is 97.0 Å². The third-order valence-electron chi connectivity index (χ3n) is 5.30. The van der Waals surface area contributed by atoms with Gasteiger partial charge in [0.15, 0.2) is 6.10 Å². The average molecular weight is 444 g/mol. The number of ether oxygens (including phenoxy) is 2. The molecule has 1 aromatic heterocycles. The van der Waals surface area contributed by atoms with E-state index in [4.69, 9.17) is 9.47 Å². The molecule has 2 amide bonds. The molecule has 1 aliphatic carbocycles. The normalized spacial score (nSPS) is 17.4. The Balaban J connectivity index is 1.52. The Morgan fingerprint density at radius 3 is 2.74 bits per heavy atom. The maximum absolute atomic E-state index is 12.9. The van der Waals surface area contributed by atoms with Crippen LogP contribution in [0, 0.1) is 0 Å². The van der Waals surface area contributed by atoms with Crippen molar-refractivity contribution in [2.75, 3.05) is 37.0 Å². The number of nitrogens with one attached hydrogen (secondary N) is 2. The first-order valence-electron chi connectivity index (χ1n) is 10.3. The third kappa shape index (κ3) is 4.51. The van der Waals surface area contributed by atoms with E-state index in [0.717, 1.165) is 24.1 Å². The summed E-state index contributed by atoms with van der Waals surface area (Å²) in [6.07, 6.45) is 1.37. The summed E-state index contributed by atoms with van der Waals surface area (Å²) in [6, 6.07) is 7.30. The van der Waals surface area contributed by atoms with Crippen LogP contribution in [0.5, 0.6) is 5.75 Å². The standard InChI is InChI=1S/C22H25N3O5S/c1-3-29-22(28)19-14(13-8-9-13)12-31-21(19)24-18(26)11-25-10-17(20(27)23-2)30-16-7-5-4-6-15(16)25/h4-7,12-13,17H,3,8-11H2,1-2H3,(H,23,27)(H,24,26)/t17-/m0/s1. The molecule has 1 atom stereocenters. The number of thiophene rings is 1. The highest BCUT2D eigenvalue weighted by molar-refractivity contribution is 7.15. The van der Waals surface area contributed by atoms with Crippen LogP contribution in [0.4, 0.5) is 10.7 Å². The van der Waals surface area contributed by atoms with E-state index in [9.17, 15) is 14.4 Å². The molecule has 4 rings (SSSR count). The second kappa shape index (κ2) is 8.97. The van der Waals surface area contributed by atoms with E-state index >= 15 is 0 Å². The van der Waals surface area contributed by atoms with Crippen molar-refractivity contribution in [3.63, 3.8) is 0 Å². The van der Waals surface area contributed by atoms with Crippen molar-refractivity contribution < 1.29 is 23.9 Å². The summed E-state index contributed by atoms with van der Waals surface area (Å²) in [5.74, 6) is -0.0217. The summed E-state index contributed by atoms with van der Waals surface area (Å²) in [5.41, 5.74) is 2.16. The fourth-order valence-corrected chi connectivity index (χ4v) is 4.71. The van der Waals surface area contributed by atoms with Crippen LogP contribution >= 0.6 is 11.3 Å². The predicted octanol–water partition coefficient (Wildman–Crippen LogP) is 2.75. The Morgan fingerprint density at radius 1 is 1.26 bits per heavy atom. The molecule has 9 heteroatoms. The van der Waals surface area contributed by atoms with Gasteiger partial charge >= 0.3 is 5.97 Å². The van der Waals surface area contributed by atoms with Gasteiger partial charge in [-0.1, -0.05) is 12.1 Å². The minimum absolute atomic E-state index is 0.0206. The second-order valence-corrected chi connectivity index (χ2v) is 8.39. The Hall–Kier alpha value is -3.07. The Morgan fingerprint density at radius 2 is 2.03 bits per heavy atom. The molecule has 2 aliphatic rings. The van der Waals surface area contributed by atoms with Crippen molar-refractivity contribution in [1.29, 1.82) is 0 Å². The largest absolute Gasteiger partial charge is 0.477 e. The Kier molecular flexibility index (Phi) is 6.13. The van der Waals surface area contributed by atoms with Crippen molar-refractivity contribution in [3.8, 4) is 5.75 Å². The monoisotopic (exact) mass is 443 g/mol. The van der Waals surface area contributed by atoms with Crippen LogP contribution in [0.3, 0.4) is 0 Å². The van der Waals surface area contributed by atoms with Gasteiger partial charge in [0.1, 0.15) is 10.8 Å². The lowest BCUT2D eigenvalue weighted by Crippen LogP contribution is -2.50. The molecule has 164 valence electrons. The highest BCUT2D eigenvalue weighted by atomic mass is 32.1. The smallest absolute Gasteiger partial charge is 0.341 e. The van der Waals surface area contributed by atoms with Gasteiger partial charge in [-0.25, -0.2) is 4.79 Å². The number of likely N-dealkylation sites (N-methyl/N-ethyl adjacent to an activating group) is 1. The van der Waals surface area contributed by atoms with E-state index in [1.54, 1.807) is 20.0 Å². The van der Waals surface area contributed by atoms with Crippen molar-refractivity contribution >= 4 is 39.8 Å². The first kappa shape index (κ1) is 21.2. The van der Waals surface area contributed by atoms with Gasteiger partial charge < -0.3 is 25.0 Å². The number of benzene rings is 1. The molecule has 1 fully saturated rings. The molecule has 2 heterocycles. The third-order valence-corrected chi connectivity index (χ3v) is 6.22. The molecule has 0 spiro atoms. The maximum Gasteiger partial charge on any atom is 0.341 e. The Labute approximate surface area is 184 Å². The van der Waals surface area contributed by atoms with Crippen LogP contribution in [-0.4, -0.2) is 50.6 Å². The van der Waals surface area contributed by atoms with Gasteiger partial charge in [-0.05, 0) is 48.8 Å². The highest BCUT2D eigenvalue weighted by Crippen LogP contribution is 2.46. The summed E-state index contributed by atoms with van der Waals surface area (Å²) in [4.78, 5) is 39.4. The number of carbonyl (C=O) groups excluding carboxylic acids is 3. The number of amides is 2. The molecule has 2 N–H and O–H groups in total. The lowest BCUT2D eigenvalue weighted by molar-refractivity contribution is -0.127. The van der Waals surface area contributed by atoms with Crippen molar-refractivity contribution in [2.24, 2.45) is 0 Å². The molecular weight excluding hydrogens is 418 g/mol. The number of rotatable bonds is 7. The number of anilines is 2. The average Bonchev–Trinajstić information content (AvgIpc) is 3.53. The first-order valence-corrected chi connectivity index (χ1v) is 11.2. The number of carbonyl (C=O) groups is 3. The van der Waals surface area contributed by atoms with E-state index in [-0.39, 0.29) is 31.5 Å². The summed E-state index contributed by atoms with van der Waals surface area (Å²) < 4.78 is 11.0. The Bertz CT molecular complexity index is 1000. The van der Waals surface area contributed by atoms with Crippen molar-refractivity contribution in [1.82, 2.24) is 5.32 Å². The van der Waals surface area contributed by atoms with E-state index < -0.39 is 12.1 Å². The van der Waals surface area contributed by atoms with Gasteiger partial charge in [0.25, 0.3) is 5.91 Å². The van der Waals surface area contributed by atoms with Gasteiger partial charge in [0.05, 0.1) is 30.9 Å². The molecular formula is C22H25N3O5S. The fraction of sp³-hybridized carbons (Fsp3) is 0.409. The SMILES string of the molecule is CCOC(=O)c1c(C2CC2)csc1NC(=O)CN1C[C@@H](C(=O)NC)Oc2ccccc21. The fourth-order valence-electron chi connectivity index (χ4n) is 3.67. The van der Waals surface area contributed by atoms with Crippen LogP contribution in [0.1, 0.15) is 41.6 Å². The first-order chi connectivity index (χ1) is 15.0. The van der Waals surface area contributed by atoms with Crippen LogP contribution in [0.2, 0.25) is 0 Å². The number of hydrogen-bond acceptors (Lipinski definition) is 7. The van der Waals surface area contributed by atoms with Gasteiger partial charge in [-0.15, -0.1) is 11.3 Å². The van der Waals surface area contributed by atoms with Crippen LogP contribution in [0.15, 0.2) is 29.6 Å². The van der Waals surface area contributed by atoms with Gasteiger partial charge in [-0.2, -0.15) is 0 Å². The summed E-state index contributed by atoms with van der Waals surface area (Å²) in [5, 5.41) is 7.92. The predicted molar refractivity (Wildman–Crippen MR) is 118 cm³/mol. The van der Waals surface area contributed by atoms with Crippen LogP contribution < -0.4 is 20.3 Å². The van der Waals surface area contributed by atoms with Crippen molar-refractivity contribution in [3.05, 3.63) is 40.8 Å². The van der Waals surface area contributed by atoms with E-state index in [1.165, 1.54) is 11.3 Å². The minimum atomic E-state index is -0.717. The van der Waals surface area contributed by atoms with Gasteiger partial charge in [-0.3, -0.25) is 9.59 Å². The molecule has 1 aromatic carbocycles. The lowest BCUT2D eigenvalue weighted by Gasteiger charge is -2.34. The zero-order chi connectivity index (χ0) is 22.0. The summed E-state index contributed by atoms with van der Waals surface area (Å²) in [7, 11) is 1.55. The summed E-state index contributed by atoms with van der Waals surface area (Å²) in [6.45, 7) is 2.30. The van der Waals surface area contributed by atoms with E-state index in [1.807, 2.05) is 28.5 Å². The molecule has 1 saturated carbocycles. The van der Waals surface area contributed by atoms with Crippen LogP contribution in [0.25, 0.3) is 0 Å². The maximum atomic E-state index is 12.9. The molecule has 31 heavy (non-hydrogen) atoms. The number of para-hydroxylation sites is 2. The van der Waals surface area contributed by atoms with Gasteiger partial charge in [0, 0.05) is 7.05 Å². The second-order valence-electron chi connectivity index (χ2n) is 7.51. The number of fused-ring (bicyclic) bond motifs is 1. The minimum Gasteiger partial charge on any atom is -0.477 e. The zero-order valence-electron chi connectivity index (χ0n) is 17.5. The molecule has 0 unspecified atom stereocenters. The lowest BCUT2D eigenvalue weighted by atomic mass is 10.1. The molecule has 0 radical (unpaired) electrons. The number of esters is 1. The van der Waals surface area contributed by atoms with Gasteiger partial charge in [0.2, 0.25) is 5.91 Å². The van der Waals surface area contributed by atoms with Crippen molar-refractivity contribution in [2.45, 2.75) is 31.8 Å². The number of hydrogen-bond donors (Lipinski definition) is 2. The van der Waals surface area contributed by atoms with E-state index in [0.29, 0.717) is 22.2 Å². The zero-order valence-corrected chi connectivity index (χ0v) is 18.3. The van der Waals surface area contributed by atoms with E-state index in [2.05, 4.69) is 10.6 Å². The van der Waals surface area contributed by atoms with Crippen LogP contribution in [-0.2, 0) is 14.3 Å². The molecule has 2 aromatic rings. The molecule has 0 saturated heterocycles. The molecule has 0 bridgehead atoms.